The van der Waals surface area contributed by atoms with Gasteiger partial charge in [0.1, 0.15) is 5.69 Å². The minimum atomic E-state index is -1.06. The summed E-state index contributed by atoms with van der Waals surface area (Å²) in [4.78, 5) is 24.2. The first-order valence-electron chi connectivity index (χ1n) is 8.11. The van der Waals surface area contributed by atoms with Crippen molar-refractivity contribution in [3.8, 4) is 0 Å². The van der Waals surface area contributed by atoms with Gasteiger partial charge >= 0.3 is 5.97 Å². The number of carboxylic acids is 1. The van der Waals surface area contributed by atoms with Gasteiger partial charge in [0.2, 0.25) is 0 Å². The van der Waals surface area contributed by atoms with Gasteiger partial charge in [-0.2, -0.15) is 0 Å². The van der Waals surface area contributed by atoms with Crippen LogP contribution >= 0.6 is 11.6 Å². The van der Waals surface area contributed by atoms with Gasteiger partial charge in [-0.15, -0.1) is 0 Å². The van der Waals surface area contributed by atoms with Gasteiger partial charge in [-0.1, -0.05) is 36.7 Å². The molecule has 0 spiro atoms. The SMILES string of the molecule is CCC(NC(=O)c1cc(C(=O)O)n2c1COCC2)c1ccccc1Cl. The number of carbonyl (C=O) groups excluding carboxylic acids is 1. The van der Waals surface area contributed by atoms with Gasteiger partial charge in [0.15, 0.2) is 0 Å². The van der Waals surface area contributed by atoms with Crippen LogP contribution in [-0.2, 0) is 17.9 Å². The van der Waals surface area contributed by atoms with Crippen LogP contribution in [-0.4, -0.2) is 28.2 Å². The maximum atomic E-state index is 12.8. The number of benzene rings is 1. The van der Waals surface area contributed by atoms with Crippen LogP contribution in [0.5, 0.6) is 0 Å². The second-order valence-corrected chi connectivity index (χ2v) is 6.26. The minimum Gasteiger partial charge on any atom is -0.477 e. The third-order valence-electron chi connectivity index (χ3n) is 4.36. The average molecular weight is 363 g/mol. The number of hydrogen-bond donors (Lipinski definition) is 2. The number of carbonyl (C=O) groups is 2. The molecule has 6 nitrogen and oxygen atoms in total. The lowest BCUT2D eigenvalue weighted by Crippen LogP contribution is -2.30. The first-order chi connectivity index (χ1) is 12.0. The molecule has 1 aliphatic rings. The third kappa shape index (κ3) is 3.41. The Balaban J connectivity index is 1.91. The fraction of sp³-hybridized carbons (Fsp3) is 0.333. The van der Waals surface area contributed by atoms with Crippen LogP contribution in [0.1, 0.15) is 51.5 Å². The maximum absolute atomic E-state index is 12.8. The molecule has 1 unspecified atom stereocenters. The highest BCUT2D eigenvalue weighted by molar-refractivity contribution is 6.31. The molecule has 132 valence electrons. The molecule has 1 atom stereocenters. The monoisotopic (exact) mass is 362 g/mol. The summed E-state index contributed by atoms with van der Waals surface area (Å²) in [5.74, 6) is -1.38. The van der Waals surface area contributed by atoms with Crippen LogP contribution < -0.4 is 5.32 Å². The van der Waals surface area contributed by atoms with Gasteiger partial charge in [0.05, 0.1) is 30.5 Å². The van der Waals surface area contributed by atoms with Crippen molar-refractivity contribution in [2.75, 3.05) is 6.61 Å². The quantitative estimate of drug-likeness (QED) is 0.855. The van der Waals surface area contributed by atoms with E-state index in [4.69, 9.17) is 16.3 Å². The number of amides is 1. The van der Waals surface area contributed by atoms with E-state index < -0.39 is 5.97 Å². The molecule has 0 saturated carbocycles. The van der Waals surface area contributed by atoms with Gasteiger partial charge in [0.25, 0.3) is 5.91 Å². The largest absolute Gasteiger partial charge is 0.477 e. The number of fused-ring (bicyclic) bond motifs is 1. The van der Waals surface area contributed by atoms with Gasteiger partial charge in [-0.3, -0.25) is 4.79 Å². The third-order valence-corrected chi connectivity index (χ3v) is 4.71. The van der Waals surface area contributed by atoms with E-state index in [1.807, 2.05) is 25.1 Å². The van der Waals surface area contributed by atoms with Crippen LogP contribution in [0.15, 0.2) is 30.3 Å². The second kappa shape index (κ2) is 7.29. The summed E-state index contributed by atoms with van der Waals surface area (Å²) in [7, 11) is 0. The van der Waals surface area contributed by atoms with Crippen molar-refractivity contribution in [2.45, 2.75) is 32.5 Å². The number of rotatable bonds is 5. The lowest BCUT2D eigenvalue weighted by molar-refractivity contribution is 0.0642. The van der Waals surface area contributed by atoms with E-state index in [0.717, 1.165) is 5.56 Å². The number of carboxylic acid groups (broad SMARTS) is 1. The lowest BCUT2D eigenvalue weighted by atomic mass is 10.0. The normalized spacial score (nSPS) is 14.6. The molecule has 7 heteroatoms. The standard InChI is InChI=1S/C18H19ClN2O4/c1-2-14(11-5-3-4-6-13(11)19)20-17(22)12-9-15(18(23)24)21-7-8-25-10-16(12)21/h3-6,9,14H,2,7-8,10H2,1H3,(H,20,22)(H,23,24). The average Bonchev–Trinajstić information content (AvgIpc) is 3.00. The fourth-order valence-corrected chi connectivity index (χ4v) is 3.36. The molecule has 25 heavy (non-hydrogen) atoms. The number of ether oxygens (including phenoxy) is 1. The summed E-state index contributed by atoms with van der Waals surface area (Å²) in [6.45, 7) is 3.03. The summed E-state index contributed by atoms with van der Waals surface area (Å²) in [6.07, 6.45) is 0.661. The summed E-state index contributed by atoms with van der Waals surface area (Å²) < 4.78 is 7.04. The Labute approximate surface area is 150 Å². The van der Waals surface area contributed by atoms with Crippen LogP contribution in [0.4, 0.5) is 0 Å². The lowest BCUT2D eigenvalue weighted by Gasteiger charge is -2.21. The predicted molar refractivity (Wildman–Crippen MR) is 93.0 cm³/mol. The number of halogens is 1. The molecule has 0 saturated heterocycles. The van der Waals surface area contributed by atoms with Crippen LogP contribution in [0.25, 0.3) is 0 Å². The van der Waals surface area contributed by atoms with E-state index in [-0.39, 0.29) is 24.2 Å². The Bertz CT molecular complexity index is 815. The zero-order valence-corrected chi connectivity index (χ0v) is 14.5. The summed E-state index contributed by atoms with van der Waals surface area (Å²) in [5.41, 5.74) is 1.87. The fourth-order valence-electron chi connectivity index (χ4n) is 3.09. The van der Waals surface area contributed by atoms with Crippen molar-refractivity contribution in [1.82, 2.24) is 9.88 Å². The topological polar surface area (TPSA) is 80.6 Å². The summed E-state index contributed by atoms with van der Waals surface area (Å²) in [6, 6.07) is 8.52. The van der Waals surface area contributed by atoms with Crippen molar-refractivity contribution in [1.29, 1.82) is 0 Å². The Morgan fingerprint density at radius 1 is 1.40 bits per heavy atom. The van der Waals surface area contributed by atoms with Crippen LogP contribution in [0, 0.1) is 0 Å². The zero-order valence-electron chi connectivity index (χ0n) is 13.8. The molecule has 3 rings (SSSR count). The molecule has 1 aliphatic heterocycles. The van der Waals surface area contributed by atoms with Crippen LogP contribution in [0.3, 0.4) is 0 Å². The van der Waals surface area contributed by atoms with E-state index in [0.29, 0.717) is 35.9 Å². The Kier molecular flexibility index (Phi) is 5.11. The van der Waals surface area contributed by atoms with E-state index in [9.17, 15) is 14.7 Å². The van der Waals surface area contributed by atoms with E-state index >= 15 is 0 Å². The number of nitrogens with one attached hydrogen (secondary N) is 1. The Morgan fingerprint density at radius 2 is 2.16 bits per heavy atom. The molecule has 0 fully saturated rings. The van der Waals surface area contributed by atoms with Crippen molar-refractivity contribution < 1.29 is 19.4 Å². The molecule has 0 aliphatic carbocycles. The van der Waals surface area contributed by atoms with Crippen molar-refractivity contribution >= 4 is 23.5 Å². The van der Waals surface area contributed by atoms with Gasteiger partial charge in [0, 0.05) is 11.6 Å². The van der Waals surface area contributed by atoms with E-state index in [1.54, 1.807) is 10.6 Å². The molecule has 0 radical (unpaired) electrons. The summed E-state index contributed by atoms with van der Waals surface area (Å²) >= 11 is 6.24. The highest BCUT2D eigenvalue weighted by Crippen LogP contribution is 2.26. The van der Waals surface area contributed by atoms with Gasteiger partial charge in [-0.05, 0) is 24.1 Å². The highest BCUT2D eigenvalue weighted by Gasteiger charge is 2.27. The smallest absolute Gasteiger partial charge is 0.352 e. The van der Waals surface area contributed by atoms with Crippen molar-refractivity contribution in [3.63, 3.8) is 0 Å². The maximum Gasteiger partial charge on any atom is 0.352 e. The van der Waals surface area contributed by atoms with Crippen molar-refractivity contribution in [3.05, 3.63) is 57.9 Å². The van der Waals surface area contributed by atoms with Gasteiger partial charge < -0.3 is 19.7 Å². The molecular formula is C18H19ClN2O4. The molecule has 2 N–H and O–H groups in total. The summed E-state index contributed by atoms with van der Waals surface area (Å²) in [5, 5.41) is 12.9. The second-order valence-electron chi connectivity index (χ2n) is 5.86. The van der Waals surface area contributed by atoms with Gasteiger partial charge in [-0.25, -0.2) is 4.79 Å². The molecule has 1 aromatic carbocycles. The highest BCUT2D eigenvalue weighted by atomic mass is 35.5. The zero-order chi connectivity index (χ0) is 18.0. The molecule has 1 aromatic heterocycles. The first kappa shape index (κ1) is 17.5. The first-order valence-corrected chi connectivity index (χ1v) is 8.49. The minimum absolute atomic E-state index is 0.106. The number of aromatic carboxylic acids is 1. The predicted octanol–water partition coefficient (Wildman–Crippen LogP) is 3.25. The number of aromatic nitrogens is 1. The van der Waals surface area contributed by atoms with Crippen LogP contribution in [0.2, 0.25) is 5.02 Å². The molecule has 2 aromatic rings. The molecule has 2 heterocycles. The van der Waals surface area contributed by atoms with Crippen molar-refractivity contribution in [2.24, 2.45) is 0 Å². The molecular weight excluding hydrogens is 344 g/mol. The number of nitrogens with zero attached hydrogens (tertiary/aromatic N) is 1. The number of hydrogen-bond acceptors (Lipinski definition) is 3. The molecule has 1 amide bonds. The Morgan fingerprint density at radius 3 is 2.84 bits per heavy atom. The van der Waals surface area contributed by atoms with E-state index in [1.165, 1.54) is 6.07 Å². The van der Waals surface area contributed by atoms with E-state index in [2.05, 4.69) is 5.32 Å². The molecule has 0 bridgehead atoms. The Hall–Kier alpha value is -2.31.